The smallest absolute Gasteiger partial charge is 0.370 e. The van der Waals surface area contributed by atoms with Gasteiger partial charge in [0.1, 0.15) is 5.75 Å². The van der Waals surface area contributed by atoms with Gasteiger partial charge < -0.3 is 9.08 Å². The normalized spacial score (nSPS) is 22.8. The molecule has 0 N–H and O–H groups in total. The average Bonchev–Trinajstić information content (AvgIpc) is 2.96. The van der Waals surface area contributed by atoms with E-state index in [4.69, 9.17) is 4.18 Å². The molecule has 0 bridgehead atoms. The summed E-state index contributed by atoms with van der Waals surface area (Å²) in [5.41, 5.74) is 3.05. The second-order valence-electron chi connectivity index (χ2n) is 5.68. The maximum Gasteiger partial charge on any atom is 0.387 e. The van der Waals surface area contributed by atoms with Crippen LogP contribution in [0, 0.1) is 6.92 Å². The van der Waals surface area contributed by atoms with Crippen LogP contribution in [0.25, 0.3) is 0 Å². The van der Waals surface area contributed by atoms with E-state index in [9.17, 15) is 8.42 Å². The van der Waals surface area contributed by atoms with Crippen molar-refractivity contribution >= 4 is 16.0 Å². The van der Waals surface area contributed by atoms with Crippen molar-refractivity contribution < 1.29 is 12.6 Å². The van der Waals surface area contributed by atoms with Crippen LogP contribution in [0.4, 0.5) is 5.69 Å². The van der Waals surface area contributed by atoms with Crippen LogP contribution < -0.4 is 9.08 Å². The van der Waals surface area contributed by atoms with Crippen LogP contribution in [-0.2, 0) is 10.3 Å². The highest BCUT2D eigenvalue weighted by Crippen LogP contribution is 2.42. The number of rotatable bonds is 1. The predicted molar refractivity (Wildman–Crippen MR) is 84.0 cm³/mol. The first-order valence-corrected chi connectivity index (χ1v) is 8.53. The molecule has 22 heavy (non-hydrogen) atoms. The van der Waals surface area contributed by atoms with Gasteiger partial charge in [0, 0.05) is 17.8 Å². The molecule has 1 atom stereocenters. The summed E-state index contributed by atoms with van der Waals surface area (Å²) < 4.78 is 31.4. The second kappa shape index (κ2) is 4.72. The van der Waals surface area contributed by atoms with Crippen molar-refractivity contribution in [2.24, 2.45) is 0 Å². The molecule has 2 heterocycles. The average molecular weight is 316 g/mol. The molecule has 2 aliphatic rings. The van der Waals surface area contributed by atoms with Crippen molar-refractivity contribution in [3.05, 3.63) is 59.7 Å². The number of anilines is 1. The minimum absolute atomic E-state index is 0.200. The molecule has 4 rings (SSSR count). The molecule has 0 radical (unpaired) electrons. The van der Waals surface area contributed by atoms with E-state index >= 15 is 0 Å². The molecule has 0 aliphatic carbocycles. The van der Waals surface area contributed by atoms with Crippen LogP contribution in [-0.4, -0.2) is 25.9 Å². The maximum absolute atomic E-state index is 12.4. The molecule has 2 aliphatic heterocycles. The molecule has 0 unspecified atom stereocenters. The molecular weight excluding hydrogens is 300 g/mol. The highest BCUT2D eigenvalue weighted by atomic mass is 32.2. The number of para-hydroxylation sites is 1. The molecule has 0 aromatic heterocycles. The van der Waals surface area contributed by atoms with E-state index in [1.807, 2.05) is 49.4 Å². The molecular formula is C16H16N2O3S. The number of nitrogens with zero attached hydrogens (tertiary/aromatic N) is 2. The fourth-order valence-corrected chi connectivity index (χ4v) is 4.34. The van der Waals surface area contributed by atoms with Crippen molar-refractivity contribution in [3.63, 3.8) is 0 Å². The maximum atomic E-state index is 12.4. The minimum atomic E-state index is -3.74. The van der Waals surface area contributed by atoms with E-state index < -0.39 is 10.3 Å². The summed E-state index contributed by atoms with van der Waals surface area (Å²) in [5.74, 6) is 0.446. The monoisotopic (exact) mass is 316 g/mol. The molecule has 5 nitrogen and oxygen atoms in total. The lowest BCUT2D eigenvalue weighted by Gasteiger charge is -2.29. The molecule has 114 valence electrons. The van der Waals surface area contributed by atoms with Crippen LogP contribution in [0.5, 0.6) is 5.75 Å². The summed E-state index contributed by atoms with van der Waals surface area (Å²) >= 11 is 0. The molecule has 0 saturated carbocycles. The standard InChI is InChI=1S/C16H16N2O3S/c1-12-7-8-16-14(9-12)15-10-17(13-5-3-2-4-6-13)11-18(15)22(19,20)21-16/h2-9,15H,10-11H2,1H3/t15-/m0/s1. The van der Waals surface area contributed by atoms with Gasteiger partial charge in [-0.05, 0) is 25.1 Å². The first kappa shape index (κ1) is 13.6. The zero-order valence-corrected chi connectivity index (χ0v) is 13.0. The Bertz CT molecular complexity index is 821. The Morgan fingerprint density at radius 2 is 1.91 bits per heavy atom. The van der Waals surface area contributed by atoms with Crippen molar-refractivity contribution in [2.75, 3.05) is 18.1 Å². The van der Waals surface area contributed by atoms with Gasteiger partial charge in [-0.3, -0.25) is 0 Å². The Hall–Kier alpha value is -2.05. The summed E-state index contributed by atoms with van der Waals surface area (Å²) in [4.78, 5) is 2.06. The third kappa shape index (κ3) is 2.07. The topological polar surface area (TPSA) is 49.9 Å². The number of benzene rings is 2. The third-order valence-corrected chi connectivity index (χ3v) is 5.51. The summed E-state index contributed by atoms with van der Waals surface area (Å²) in [6.07, 6.45) is 0. The number of aryl methyl sites for hydroxylation is 1. The largest absolute Gasteiger partial charge is 0.387 e. The van der Waals surface area contributed by atoms with Crippen LogP contribution in [0.15, 0.2) is 48.5 Å². The van der Waals surface area contributed by atoms with Gasteiger partial charge in [0.2, 0.25) is 0 Å². The second-order valence-corrected chi connectivity index (χ2v) is 7.18. The van der Waals surface area contributed by atoms with Gasteiger partial charge in [0.25, 0.3) is 0 Å². The van der Waals surface area contributed by atoms with Gasteiger partial charge in [-0.25, -0.2) is 0 Å². The lowest BCUT2D eigenvalue weighted by molar-refractivity contribution is 0.321. The van der Waals surface area contributed by atoms with E-state index in [0.717, 1.165) is 16.8 Å². The lowest BCUT2D eigenvalue weighted by atomic mass is 10.0. The third-order valence-electron chi connectivity index (χ3n) is 4.18. The van der Waals surface area contributed by atoms with Crippen LogP contribution in [0.2, 0.25) is 0 Å². The van der Waals surface area contributed by atoms with E-state index in [-0.39, 0.29) is 6.04 Å². The summed E-state index contributed by atoms with van der Waals surface area (Å²) in [6, 6.07) is 15.3. The lowest BCUT2D eigenvalue weighted by Crippen LogP contribution is -2.39. The highest BCUT2D eigenvalue weighted by molar-refractivity contribution is 7.84. The van der Waals surface area contributed by atoms with Crippen LogP contribution >= 0.6 is 0 Å². The number of hydrogen-bond acceptors (Lipinski definition) is 4. The molecule has 2 aromatic carbocycles. The molecule has 0 amide bonds. The van der Waals surface area contributed by atoms with Crippen molar-refractivity contribution in [2.45, 2.75) is 13.0 Å². The van der Waals surface area contributed by atoms with E-state index in [2.05, 4.69) is 4.90 Å². The SMILES string of the molecule is Cc1ccc2c(c1)[C@@H]1CN(c3ccccc3)CN1S(=O)(=O)O2. The van der Waals surface area contributed by atoms with Crippen LogP contribution in [0.3, 0.4) is 0 Å². The van der Waals surface area contributed by atoms with Crippen molar-refractivity contribution in [1.82, 2.24) is 4.31 Å². The van der Waals surface area contributed by atoms with Gasteiger partial charge in [-0.2, -0.15) is 8.42 Å². The van der Waals surface area contributed by atoms with Gasteiger partial charge in [-0.1, -0.05) is 35.9 Å². The molecule has 6 heteroatoms. The number of hydrogen-bond donors (Lipinski definition) is 0. The Morgan fingerprint density at radius 3 is 2.68 bits per heavy atom. The van der Waals surface area contributed by atoms with Crippen molar-refractivity contribution in [3.8, 4) is 5.75 Å². The van der Waals surface area contributed by atoms with Gasteiger partial charge in [0.15, 0.2) is 0 Å². The number of fused-ring (bicyclic) bond motifs is 3. The first-order chi connectivity index (χ1) is 10.5. The first-order valence-electron chi connectivity index (χ1n) is 7.16. The highest BCUT2D eigenvalue weighted by Gasteiger charge is 2.45. The summed E-state index contributed by atoms with van der Waals surface area (Å²) in [7, 11) is -3.74. The Balaban J connectivity index is 1.78. The minimum Gasteiger partial charge on any atom is -0.370 e. The van der Waals surface area contributed by atoms with Gasteiger partial charge in [0.05, 0.1) is 12.7 Å². The Kier molecular flexibility index (Phi) is 2.92. The summed E-state index contributed by atoms with van der Waals surface area (Å²) in [5, 5.41) is 0. The van der Waals surface area contributed by atoms with E-state index in [1.54, 1.807) is 6.07 Å². The molecule has 0 spiro atoms. The van der Waals surface area contributed by atoms with Gasteiger partial charge >= 0.3 is 10.3 Å². The van der Waals surface area contributed by atoms with E-state index in [1.165, 1.54) is 4.31 Å². The predicted octanol–water partition coefficient (Wildman–Crippen LogP) is 2.45. The van der Waals surface area contributed by atoms with E-state index in [0.29, 0.717) is 19.0 Å². The Labute approximate surface area is 130 Å². The fourth-order valence-electron chi connectivity index (χ4n) is 3.10. The zero-order chi connectivity index (χ0) is 15.3. The zero-order valence-electron chi connectivity index (χ0n) is 12.1. The van der Waals surface area contributed by atoms with Crippen molar-refractivity contribution in [1.29, 1.82) is 0 Å². The van der Waals surface area contributed by atoms with Crippen LogP contribution in [0.1, 0.15) is 17.2 Å². The molecule has 1 fully saturated rings. The summed E-state index contributed by atoms with van der Waals surface area (Å²) in [6.45, 7) is 2.94. The molecule has 2 aromatic rings. The Morgan fingerprint density at radius 1 is 1.14 bits per heavy atom. The quantitative estimate of drug-likeness (QED) is 0.811. The fraction of sp³-hybridized carbons (Fsp3) is 0.250. The van der Waals surface area contributed by atoms with Gasteiger partial charge in [-0.15, -0.1) is 4.31 Å². The molecule has 1 saturated heterocycles.